The van der Waals surface area contributed by atoms with E-state index in [4.69, 9.17) is 9.26 Å². The van der Waals surface area contributed by atoms with Gasteiger partial charge in [-0.1, -0.05) is 5.16 Å². The van der Waals surface area contributed by atoms with Crippen LogP contribution in [0, 0.1) is 6.92 Å². The van der Waals surface area contributed by atoms with E-state index in [1.54, 1.807) is 0 Å². The Morgan fingerprint density at radius 2 is 1.95 bits per heavy atom. The van der Waals surface area contributed by atoms with E-state index < -0.39 is 0 Å². The van der Waals surface area contributed by atoms with Gasteiger partial charge in [-0.3, -0.25) is 9.80 Å². The summed E-state index contributed by atoms with van der Waals surface area (Å²) in [4.78, 5) is 4.88. The zero-order valence-electron chi connectivity index (χ0n) is 12.3. The molecule has 0 aromatic carbocycles. The van der Waals surface area contributed by atoms with Crippen LogP contribution in [0.3, 0.4) is 0 Å². The van der Waals surface area contributed by atoms with Crippen LogP contribution in [0.15, 0.2) is 10.6 Å². The van der Waals surface area contributed by atoms with Crippen molar-refractivity contribution in [1.29, 1.82) is 0 Å². The second-order valence-corrected chi connectivity index (χ2v) is 5.47. The van der Waals surface area contributed by atoms with E-state index in [1.807, 2.05) is 13.0 Å². The number of aromatic nitrogens is 1. The summed E-state index contributed by atoms with van der Waals surface area (Å²) in [5, 5.41) is 3.93. The first-order valence-electron chi connectivity index (χ1n) is 7.12. The predicted octanol–water partition coefficient (Wildman–Crippen LogP) is 1.53. The molecule has 5 heteroatoms. The molecule has 1 aromatic rings. The Bertz CT molecular complexity index is 371. The molecule has 0 saturated carbocycles. The van der Waals surface area contributed by atoms with Gasteiger partial charge in [0.15, 0.2) is 5.76 Å². The molecule has 1 aromatic heterocycles. The van der Waals surface area contributed by atoms with E-state index in [0.29, 0.717) is 6.10 Å². The lowest BCUT2D eigenvalue weighted by atomic mass is 10.3. The molecule has 1 aliphatic rings. The lowest BCUT2D eigenvalue weighted by Gasteiger charge is -2.34. The maximum atomic E-state index is 5.59. The van der Waals surface area contributed by atoms with Gasteiger partial charge in [0.05, 0.1) is 24.9 Å². The Balaban J connectivity index is 1.65. The monoisotopic (exact) mass is 267 g/mol. The predicted molar refractivity (Wildman–Crippen MR) is 74.0 cm³/mol. The molecule has 0 unspecified atom stereocenters. The van der Waals surface area contributed by atoms with E-state index in [0.717, 1.165) is 57.3 Å². The van der Waals surface area contributed by atoms with Crippen LogP contribution in [-0.4, -0.2) is 60.4 Å². The Labute approximate surface area is 115 Å². The van der Waals surface area contributed by atoms with Gasteiger partial charge in [0.1, 0.15) is 0 Å². The Kier molecular flexibility index (Phi) is 5.36. The summed E-state index contributed by atoms with van der Waals surface area (Å²) in [5.74, 6) is 0.967. The second-order valence-electron chi connectivity index (χ2n) is 5.47. The lowest BCUT2D eigenvalue weighted by molar-refractivity contribution is 0.0425. The van der Waals surface area contributed by atoms with Gasteiger partial charge in [-0.2, -0.15) is 0 Å². The fraction of sp³-hybridized carbons (Fsp3) is 0.786. The van der Waals surface area contributed by atoms with E-state index in [1.165, 1.54) is 0 Å². The molecule has 0 radical (unpaired) electrons. The van der Waals surface area contributed by atoms with Gasteiger partial charge in [0, 0.05) is 38.8 Å². The Morgan fingerprint density at radius 3 is 2.53 bits per heavy atom. The molecule has 0 spiro atoms. The van der Waals surface area contributed by atoms with Crippen LogP contribution in [0.5, 0.6) is 0 Å². The second kappa shape index (κ2) is 7.03. The van der Waals surface area contributed by atoms with Gasteiger partial charge in [0.25, 0.3) is 0 Å². The molecule has 2 heterocycles. The fourth-order valence-corrected chi connectivity index (χ4v) is 2.30. The summed E-state index contributed by atoms with van der Waals surface area (Å²) >= 11 is 0. The molecule has 5 nitrogen and oxygen atoms in total. The van der Waals surface area contributed by atoms with Crippen LogP contribution in [0.2, 0.25) is 0 Å². The number of ether oxygens (including phenoxy) is 1. The quantitative estimate of drug-likeness (QED) is 0.782. The van der Waals surface area contributed by atoms with Crippen molar-refractivity contribution in [2.45, 2.75) is 33.4 Å². The fourth-order valence-electron chi connectivity index (χ4n) is 2.30. The molecule has 0 N–H and O–H groups in total. The normalized spacial score (nSPS) is 18.3. The summed E-state index contributed by atoms with van der Waals surface area (Å²) in [6.07, 6.45) is 0.330. The summed E-state index contributed by atoms with van der Waals surface area (Å²) in [6.45, 7) is 13.2. The van der Waals surface area contributed by atoms with Gasteiger partial charge >= 0.3 is 0 Å². The standard InChI is InChI=1S/C14H25N3O2/c1-12(2)18-9-8-16-4-6-17(7-5-16)11-14-10-13(3)15-19-14/h10,12H,4-9,11H2,1-3H3. The summed E-state index contributed by atoms with van der Waals surface area (Å²) in [6, 6.07) is 2.02. The average Bonchev–Trinajstić information content (AvgIpc) is 2.77. The lowest BCUT2D eigenvalue weighted by Crippen LogP contribution is -2.46. The third-order valence-electron chi connectivity index (χ3n) is 3.38. The first kappa shape index (κ1) is 14.5. The van der Waals surface area contributed by atoms with Crippen molar-refractivity contribution in [2.24, 2.45) is 0 Å². The van der Waals surface area contributed by atoms with Crippen LogP contribution >= 0.6 is 0 Å². The molecule has 1 fully saturated rings. The van der Waals surface area contributed by atoms with Crippen molar-refractivity contribution in [1.82, 2.24) is 15.0 Å². The third kappa shape index (κ3) is 4.93. The molecule has 19 heavy (non-hydrogen) atoms. The number of rotatable bonds is 6. The zero-order chi connectivity index (χ0) is 13.7. The number of hydrogen-bond acceptors (Lipinski definition) is 5. The molecule has 0 bridgehead atoms. The highest BCUT2D eigenvalue weighted by atomic mass is 16.5. The first-order chi connectivity index (χ1) is 9.13. The van der Waals surface area contributed by atoms with E-state index in [9.17, 15) is 0 Å². The molecule has 0 aliphatic carbocycles. The molecule has 108 valence electrons. The first-order valence-corrected chi connectivity index (χ1v) is 7.12. The highest BCUT2D eigenvalue weighted by Crippen LogP contribution is 2.09. The number of aryl methyl sites for hydroxylation is 1. The van der Waals surface area contributed by atoms with E-state index >= 15 is 0 Å². The largest absolute Gasteiger partial charge is 0.377 e. The summed E-state index contributed by atoms with van der Waals surface area (Å²) in [7, 11) is 0. The minimum Gasteiger partial charge on any atom is -0.377 e. The van der Waals surface area contributed by atoms with Crippen LogP contribution in [-0.2, 0) is 11.3 Å². The van der Waals surface area contributed by atoms with Crippen LogP contribution in [0.1, 0.15) is 25.3 Å². The summed E-state index contributed by atoms with van der Waals surface area (Å²) in [5.41, 5.74) is 0.958. The minimum absolute atomic E-state index is 0.330. The molecule has 0 amide bonds. The van der Waals surface area contributed by atoms with Crippen molar-refractivity contribution in [3.63, 3.8) is 0 Å². The molecule has 1 saturated heterocycles. The number of hydrogen-bond donors (Lipinski definition) is 0. The van der Waals surface area contributed by atoms with Crippen molar-refractivity contribution < 1.29 is 9.26 Å². The van der Waals surface area contributed by atoms with Gasteiger partial charge in [0.2, 0.25) is 0 Å². The number of piperazine rings is 1. The van der Waals surface area contributed by atoms with Crippen molar-refractivity contribution in [3.8, 4) is 0 Å². The van der Waals surface area contributed by atoms with Crippen LogP contribution in [0.4, 0.5) is 0 Å². The highest BCUT2D eigenvalue weighted by molar-refractivity contribution is 5.02. The Hall–Kier alpha value is -0.910. The van der Waals surface area contributed by atoms with Crippen LogP contribution in [0.25, 0.3) is 0 Å². The molecular weight excluding hydrogens is 242 g/mol. The maximum Gasteiger partial charge on any atom is 0.150 e. The van der Waals surface area contributed by atoms with Gasteiger partial charge in [-0.15, -0.1) is 0 Å². The molecule has 1 aliphatic heterocycles. The highest BCUT2D eigenvalue weighted by Gasteiger charge is 2.18. The molecule has 2 rings (SSSR count). The maximum absolute atomic E-state index is 5.59. The van der Waals surface area contributed by atoms with Crippen molar-refractivity contribution in [3.05, 3.63) is 17.5 Å². The van der Waals surface area contributed by atoms with Crippen molar-refractivity contribution >= 4 is 0 Å². The molecular formula is C14H25N3O2. The van der Waals surface area contributed by atoms with Crippen LogP contribution < -0.4 is 0 Å². The van der Waals surface area contributed by atoms with E-state index in [2.05, 4.69) is 28.8 Å². The third-order valence-corrected chi connectivity index (χ3v) is 3.38. The smallest absolute Gasteiger partial charge is 0.150 e. The van der Waals surface area contributed by atoms with Crippen molar-refractivity contribution in [2.75, 3.05) is 39.3 Å². The van der Waals surface area contributed by atoms with Gasteiger partial charge in [-0.05, 0) is 20.8 Å². The van der Waals surface area contributed by atoms with E-state index in [-0.39, 0.29) is 0 Å². The Morgan fingerprint density at radius 1 is 1.26 bits per heavy atom. The topological polar surface area (TPSA) is 41.7 Å². The average molecular weight is 267 g/mol. The van der Waals surface area contributed by atoms with Gasteiger partial charge < -0.3 is 9.26 Å². The minimum atomic E-state index is 0.330. The SMILES string of the molecule is Cc1cc(CN2CCN(CCOC(C)C)CC2)on1. The summed E-state index contributed by atoms with van der Waals surface area (Å²) < 4.78 is 10.9. The zero-order valence-corrected chi connectivity index (χ0v) is 12.3. The molecule has 0 atom stereocenters. The number of nitrogens with zero attached hydrogens (tertiary/aromatic N) is 3. The van der Waals surface area contributed by atoms with Gasteiger partial charge in [-0.25, -0.2) is 0 Å².